The Morgan fingerprint density at radius 2 is 1.12 bits per heavy atom. The van der Waals surface area contributed by atoms with Gasteiger partial charge >= 0.3 is 7.32 Å². The summed E-state index contributed by atoms with van der Waals surface area (Å²) in [5.74, 6) is 0. The maximum Gasteiger partial charge on any atom is 0.631 e. The Morgan fingerprint density at radius 1 is 1.12 bits per heavy atom. The van der Waals surface area contributed by atoms with E-state index in [9.17, 15) is 0 Å². The van der Waals surface area contributed by atoms with Gasteiger partial charge in [0, 0.05) is 0 Å². The van der Waals surface area contributed by atoms with Gasteiger partial charge in [0.15, 0.2) is 0 Å². The second kappa shape index (κ2) is 6.86. The summed E-state index contributed by atoms with van der Waals surface area (Å²) in [7, 11) is -2.17. The Bertz CT molecular complexity index is 25.9. The molecule has 5 N–H and O–H groups in total. The molecule has 0 radical (unpaired) electrons. The highest BCUT2D eigenvalue weighted by Crippen LogP contribution is 1.57. The zero-order chi connectivity index (χ0) is 7.15. The summed E-state index contributed by atoms with van der Waals surface area (Å²) in [4.78, 5) is 0. The summed E-state index contributed by atoms with van der Waals surface area (Å²) in [6.07, 6.45) is -1.17. The highest BCUT2D eigenvalue weighted by atomic mass is 16.5. The van der Waals surface area contributed by atoms with Gasteiger partial charge in [0.05, 0.1) is 0 Å². The Morgan fingerprint density at radius 3 is 1.12 bits per heavy atom. The molecule has 5 nitrogen and oxygen atoms in total. The molecule has 0 saturated carbocycles. The monoisotopic (exact) mass is 124 g/mol. The van der Waals surface area contributed by atoms with E-state index >= 15 is 0 Å². The maximum atomic E-state index is 7.61. The predicted molar refractivity (Wildman–Crippen MR) is 26.3 cm³/mol. The van der Waals surface area contributed by atoms with Crippen LogP contribution in [0, 0.1) is 0 Å². The van der Waals surface area contributed by atoms with Crippen molar-refractivity contribution < 1.29 is 25.3 Å². The molecule has 0 aliphatic carbocycles. The third-order valence-corrected chi connectivity index (χ3v) is 0. The normalized spacial score (nSPS) is 7.88. The van der Waals surface area contributed by atoms with Crippen LogP contribution in [0.2, 0.25) is 0 Å². The fraction of sp³-hybridized carbons (Fsp3) is 1.00. The molecule has 8 heavy (non-hydrogen) atoms. The molecule has 0 bridgehead atoms. The molecule has 0 aromatic heterocycles. The Kier molecular flexibility index (Phi) is 9.25. The van der Waals surface area contributed by atoms with Crippen LogP contribution >= 0.6 is 0 Å². The number of rotatable bonds is 0. The third kappa shape index (κ3) is 7610. The van der Waals surface area contributed by atoms with E-state index in [4.69, 9.17) is 25.3 Å². The molecular weight excluding hydrogens is 115 g/mol. The van der Waals surface area contributed by atoms with Gasteiger partial charge in [0.25, 0.3) is 0 Å². The minimum absolute atomic E-state index is 1.17. The number of hydrogen-bond acceptors (Lipinski definition) is 5. The van der Waals surface area contributed by atoms with Gasteiger partial charge in [-0.1, -0.05) is 0 Å². The van der Waals surface area contributed by atoms with Gasteiger partial charge in [-0.2, -0.15) is 0 Å². The third-order valence-electron chi connectivity index (χ3n) is 0. The topological polar surface area (TPSA) is 101 Å². The summed E-state index contributed by atoms with van der Waals surface area (Å²) in [6.45, 7) is 1.28. The van der Waals surface area contributed by atoms with Crippen LogP contribution in [-0.2, 0) is 0 Å². The molecule has 0 aliphatic rings. The smallest absolute Gasteiger partial charge is 0.402 e. The van der Waals surface area contributed by atoms with Gasteiger partial charge in [-0.25, -0.2) is 0 Å². The minimum Gasteiger partial charge on any atom is -0.402 e. The number of hydrogen-bond donors (Lipinski definition) is 5. The van der Waals surface area contributed by atoms with Crippen molar-refractivity contribution >= 4 is 7.32 Å². The van der Waals surface area contributed by atoms with E-state index in [1.54, 1.807) is 0 Å². The molecule has 0 unspecified atom stereocenters. The molecule has 0 saturated heterocycles. The molecule has 6 heteroatoms. The van der Waals surface area contributed by atoms with E-state index < -0.39 is 13.6 Å². The maximum absolute atomic E-state index is 7.61. The van der Waals surface area contributed by atoms with Crippen LogP contribution in [0.3, 0.4) is 0 Å². The molecule has 0 aliphatic heterocycles. The molecule has 0 heterocycles. The van der Waals surface area contributed by atoms with Crippen LogP contribution in [0.4, 0.5) is 0 Å². The highest BCUT2D eigenvalue weighted by Gasteiger charge is 1.92. The first-order valence-electron chi connectivity index (χ1n) is 1.87. The Balaban J connectivity index is 0. The zero-order valence-corrected chi connectivity index (χ0v) is 4.39. The molecular formula is C2H9BO5. The highest BCUT2D eigenvalue weighted by molar-refractivity contribution is 6.30. The van der Waals surface area contributed by atoms with Crippen molar-refractivity contribution in [2.75, 3.05) is 0 Å². The first-order valence-corrected chi connectivity index (χ1v) is 1.87. The average molecular weight is 124 g/mol. The standard InChI is InChI=1S/C2H6O2.BH3O3/c1-2(3)4;2-1(3)4/h2-4H,1H3;2-4H. The molecule has 0 atom stereocenters. The first kappa shape index (κ1) is 10.8. The van der Waals surface area contributed by atoms with Gasteiger partial charge < -0.3 is 25.3 Å². The van der Waals surface area contributed by atoms with Crippen LogP contribution in [0.25, 0.3) is 0 Å². The van der Waals surface area contributed by atoms with Crippen molar-refractivity contribution in [2.45, 2.75) is 13.2 Å². The minimum atomic E-state index is -2.17. The lowest BCUT2D eigenvalue weighted by molar-refractivity contribution is -0.0228. The summed E-state index contributed by atoms with van der Waals surface area (Å²) < 4.78 is 0. The molecule has 0 spiro atoms. The lowest BCUT2D eigenvalue weighted by atomic mass is 10.3. The van der Waals surface area contributed by atoms with E-state index in [1.165, 1.54) is 6.92 Å². The SMILES string of the molecule is CC(O)O.OB(O)O. The van der Waals surface area contributed by atoms with Crippen molar-refractivity contribution in [3.63, 3.8) is 0 Å². The zero-order valence-electron chi connectivity index (χ0n) is 4.39. The van der Waals surface area contributed by atoms with E-state index in [-0.39, 0.29) is 0 Å². The summed E-state index contributed by atoms with van der Waals surface area (Å²) in [6, 6.07) is 0. The molecule has 0 fully saturated rings. The van der Waals surface area contributed by atoms with Crippen LogP contribution < -0.4 is 0 Å². The summed E-state index contributed by atoms with van der Waals surface area (Å²) >= 11 is 0. The Labute approximate surface area is 47.0 Å². The van der Waals surface area contributed by atoms with Crippen LogP contribution in [0.5, 0.6) is 0 Å². The second-order valence-electron chi connectivity index (χ2n) is 0.978. The van der Waals surface area contributed by atoms with Crippen molar-refractivity contribution in [3.8, 4) is 0 Å². The van der Waals surface area contributed by atoms with Gasteiger partial charge in [-0.15, -0.1) is 0 Å². The van der Waals surface area contributed by atoms with Crippen molar-refractivity contribution in [3.05, 3.63) is 0 Å². The molecule has 50 valence electrons. The Hall–Kier alpha value is -0.135. The summed E-state index contributed by atoms with van der Waals surface area (Å²) in [5.41, 5.74) is 0. The fourth-order valence-electron chi connectivity index (χ4n) is 0. The van der Waals surface area contributed by atoms with Crippen molar-refractivity contribution in [2.24, 2.45) is 0 Å². The quantitative estimate of drug-likeness (QED) is 0.178. The first-order chi connectivity index (χ1) is 3.46. The van der Waals surface area contributed by atoms with Gasteiger partial charge in [-0.3, -0.25) is 0 Å². The predicted octanol–water partition coefficient (Wildman–Crippen LogP) is -2.73. The van der Waals surface area contributed by atoms with Crippen LogP contribution in [-0.4, -0.2) is 38.9 Å². The van der Waals surface area contributed by atoms with E-state index in [2.05, 4.69) is 0 Å². The number of aliphatic hydroxyl groups is 2. The van der Waals surface area contributed by atoms with Crippen LogP contribution in [0.15, 0.2) is 0 Å². The van der Waals surface area contributed by atoms with E-state index in [0.717, 1.165) is 0 Å². The lowest BCUT2D eigenvalue weighted by Crippen LogP contribution is -2.07. The molecule has 0 rings (SSSR count). The largest absolute Gasteiger partial charge is 0.631 e. The van der Waals surface area contributed by atoms with Gasteiger partial charge in [0.1, 0.15) is 6.29 Å². The van der Waals surface area contributed by atoms with Crippen molar-refractivity contribution in [1.29, 1.82) is 0 Å². The van der Waals surface area contributed by atoms with E-state index in [1.807, 2.05) is 0 Å². The lowest BCUT2D eigenvalue weighted by Gasteiger charge is -1.80. The fourth-order valence-corrected chi connectivity index (χ4v) is 0. The van der Waals surface area contributed by atoms with E-state index in [0.29, 0.717) is 0 Å². The second-order valence-corrected chi connectivity index (χ2v) is 0.978. The molecule has 0 aromatic carbocycles. The molecule has 0 amide bonds. The van der Waals surface area contributed by atoms with Crippen LogP contribution in [0.1, 0.15) is 6.92 Å². The molecule has 0 aromatic rings. The van der Waals surface area contributed by atoms with Crippen molar-refractivity contribution in [1.82, 2.24) is 0 Å². The van der Waals surface area contributed by atoms with Gasteiger partial charge in [-0.05, 0) is 6.92 Å². The average Bonchev–Trinajstić information content (AvgIpc) is 1.25. The van der Waals surface area contributed by atoms with Gasteiger partial charge in [0.2, 0.25) is 0 Å². The number of aliphatic hydroxyl groups excluding tert-OH is 1. The summed E-state index contributed by atoms with van der Waals surface area (Å²) in [5, 5.41) is 36.7.